The van der Waals surface area contributed by atoms with Crippen LogP contribution in [0.25, 0.3) is 0 Å². The number of aryl methyl sites for hydroxylation is 2. The Morgan fingerprint density at radius 3 is 2.92 bits per heavy atom. The quantitative estimate of drug-likeness (QED) is 0.824. The average molecular weight is 356 g/mol. The molecule has 0 bridgehead atoms. The van der Waals surface area contributed by atoms with E-state index in [1.54, 1.807) is 11.2 Å². The van der Waals surface area contributed by atoms with Crippen molar-refractivity contribution in [3.8, 4) is 0 Å². The van der Waals surface area contributed by atoms with E-state index in [1.165, 1.54) is 0 Å². The molecule has 2 aromatic heterocycles. The summed E-state index contributed by atoms with van der Waals surface area (Å²) in [6.45, 7) is 6.90. The van der Waals surface area contributed by atoms with Gasteiger partial charge < -0.3 is 18.8 Å². The largest absolute Gasteiger partial charge is 0.459 e. The fourth-order valence-corrected chi connectivity index (χ4v) is 3.83. The average Bonchev–Trinajstić information content (AvgIpc) is 3.19. The van der Waals surface area contributed by atoms with Crippen LogP contribution >= 0.6 is 0 Å². The van der Waals surface area contributed by atoms with Crippen LogP contribution in [0.2, 0.25) is 0 Å². The van der Waals surface area contributed by atoms with E-state index in [1.807, 2.05) is 38.1 Å². The first-order chi connectivity index (χ1) is 12.6. The number of amides is 1. The Bertz CT molecular complexity index is 795. The highest BCUT2D eigenvalue weighted by Gasteiger charge is 2.54. The molecule has 2 aliphatic rings. The lowest BCUT2D eigenvalue weighted by atomic mass is 9.81. The van der Waals surface area contributed by atoms with Crippen LogP contribution in [0.1, 0.15) is 33.9 Å². The Labute approximate surface area is 153 Å². The lowest BCUT2D eigenvalue weighted by Crippen LogP contribution is -2.66. The molecule has 6 heteroatoms. The third kappa shape index (κ3) is 3.15. The Morgan fingerprint density at radius 1 is 1.35 bits per heavy atom. The first-order valence-electron chi connectivity index (χ1n) is 9.05. The van der Waals surface area contributed by atoms with Gasteiger partial charge in [0.2, 0.25) is 0 Å². The number of ether oxygens (including phenoxy) is 2. The molecule has 138 valence electrons. The highest BCUT2D eigenvalue weighted by Crippen LogP contribution is 2.40. The van der Waals surface area contributed by atoms with Gasteiger partial charge in [0, 0.05) is 23.8 Å². The van der Waals surface area contributed by atoms with Crippen molar-refractivity contribution in [2.45, 2.75) is 32.5 Å². The molecule has 4 heterocycles. The minimum Gasteiger partial charge on any atom is -0.459 e. The van der Waals surface area contributed by atoms with Crippen molar-refractivity contribution in [1.29, 1.82) is 0 Å². The van der Waals surface area contributed by atoms with Crippen LogP contribution in [0.3, 0.4) is 0 Å². The summed E-state index contributed by atoms with van der Waals surface area (Å²) in [5, 5.41) is 0. The first kappa shape index (κ1) is 17.2. The Balaban J connectivity index is 1.32. The van der Waals surface area contributed by atoms with Gasteiger partial charge in [-0.05, 0) is 38.5 Å². The first-order valence-corrected chi connectivity index (χ1v) is 9.05. The van der Waals surface area contributed by atoms with Crippen molar-refractivity contribution >= 4 is 5.91 Å². The molecule has 0 saturated carbocycles. The summed E-state index contributed by atoms with van der Waals surface area (Å²) >= 11 is 0. The Hall–Kier alpha value is -2.18. The summed E-state index contributed by atoms with van der Waals surface area (Å²) < 4.78 is 17.3. The zero-order chi connectivity index (χ0) is 18.1. The van der Waals surface area contributed by atoms with Crippen LogP contribution in [-0.2, 0) is 16.1 Å². The molecular weight excluding hydrogens is 332 g/mol. The van der Waals surface area contributed by atoms with E-state index in [9.17, 15) is 4.79 Å². The molecule has 2 fully saturated rings. The molecule has 2 aromatic rings. The molecule has 6 nitrogen and oxygen atoms in total. The molecule has 1 amide bonds. The molecule has 0 N–H and O–H groups in total. The normalized spacial score (nSPS) is 21.2. The molecule has 26 heavy (non-hydrogen) atoms. The van der Waals surface area contributed by atoms with Crippen LogP contribution in [0.4, 0.5) is 0 Å². The summed E-state index contributed by atoms with van der Waals surface area (Å²) in [6.07, 6.45) is 2.52. The van der Waals surface area contributed by atoms with E-state index in [0.717, 1.165) is 30.0 Å². The minimum atomic E-state index is -0.268. The van der Waals surface area contributed by atoms with E-state index in [0.29, 0.717) is 38.0 Å². The van der Waals surface area contributed by atoms with Crippen LogP contribution in [0.5, 0.6) is 0 Å². The van der Waals surface area contributed by atoms with Crippen LogP contribution in [0, 0.1) is 19.8 Å². The summed E-state index contributed by atoms with van der Waals surface area (Å²) in [4.78, 5) is 18.8. The zero-order valence-electron chi connectivity index (χ0n) is 15.2. The summed E-state index contributed by atoms with van der Waals surface area (Å²) in [7, 11) is 0. The SMILES string of the molecule is Cc1cccc(COCC2CCOC23CN(C(=O)c2occc2C)C3)n1. The van der Waals surface area contributed by atoms with E-state index in [-0.39, 0.29) is 11.5 Å². The molecule has 1 unspecified atom stereocenters. The number of rotatable bonds is 5. The van der Waals surface area contributed by atoms with Gasteiger partial charge in [-0.2, -0.15) is 0 Å². The number of pyridine rings is 1. The topological polar surface area (TPSA) is 64.8 Å². The maximum atomic E-state index is 12.5. The second kappa shape index (κ2) is 6.85. The van der Waals surface area contributed by atoms with Crippen molar-refractivity contribution < 1.29 is 18.7 Å². The number of aromatic nitrogens is 1. The third-order valence-corrected chi connectivity index (χ3v) is 5.38. The maximum absolute atomic E-state index is 12.5. The third-order valence-electron chi connectivity index (χ3n) is 5.38. The van der Waals surface area contributed by atoms with Crippen LogP contribution < -0.4 is 0 Å². The zero-order valence-corrected chi connectivity index (χ0v) is 15.2. The number of carbonyl (C=O) groups excluding carboxylic acids is 1. The summed E-state index contributed by atoms with van der Waals surface area (Å²) in [5.74, 6) is 0.669. The summed E-state index contributed by atoms with van der Waals surface area (Å²) in [5.41, 5.74) is 2.54. The fraction of sp³-hybridized carbons (Fsp3) is 0.500. The van der Waals surface area contributed by atoms with E-state index in [2.05, 4.69) is 4.98 Å². The lowest BCUT2D eigenvalue weighted by Gasteiger charge is -2.49. The number of hydrogen-bond donors (Lipinski definition) is 0. The van der Waals surface area contributed by atoms with Gasteiger partial charge in [0.15, 0.2) is 5.76 Å². The van der Waals surface area contributed by atoms with Gasteiger partial charge >= 0.3 is 0 Å². The van der Waals surface area contributed by atoms with Crippen molar-refractivity contribution in [1.82, 2.24) is 9.88 Å². The van der Waals surface area contributed by atoms with Gasteiger partial charge in [-0.1, -0.05) is 6.07 Å². The van der Waals surface area contributed by atoms with Crippen molar-refractivity contribution in [2.75, 3.05) is 26.3 Å². The highest BCUT2D eigenvalue weighted by atomic mass is 16.5. The predicted octanol–water partition coefficient (Wildman–Crippen LogP) is 2.74. The van der Waals surface area contributed by atoms with Gasteiger partial charge in [-0.3, -0.25) is 9.78 Å². The van der Waals surface area contributed by atoms with Crippen LogP contribution in [-0.4, -0.2) is 47.7 Å². The van der Waals surface area contributed by atoms with Crippen molar-refractivity contribution in [3.05, 3.63) is 53.2 Å². The van der Waals surface area contributed by atoms with Crippen LogP contribution in [0.15, 0.2) is 34.9 Å². The van der Waals surface area contributed by atoms with Gasteiger partial charge in [-0.15, -0.1) is 0 Å². The molecule has 2 saturated heterocycles. The van der Waals surface area contributed by atoms with E-state index >= 15 is 0 Å². The molecule has 1 atom stereocenters. The molecule has 0 aliphatic carbocycles. The highest BCUT2D eigenvalue weighted by molar-refractivity contribution is 5.93. The Kier molecular flexibility index (Phi) is 4.54. The molecule has 2 aliphatic heterocycles. The Morgan fingerprint density at radius 2 is 2.19 bits per heavy atom. The second-order valence-electron chi connectivity index (χ2n) is 7.28. The maximum Gasteiger partial charge on any atom is 0.290 e. The van der Waals surface area contributed by atoms with Gasteiger partial charge in [0.05, 0.1) is 38.3 Å². The number of furan rings is 1. The number of hydrogen-bond acceptors (Lipinski definition) is 5. The van der Waals surface area contributed by atoms with Crippen molar-refractivity contribution in [2.24, 2.45) is 5.92 Å². The smallest absolute Gasteiger partial charge is 0.290 e. The second-order valence-corrected chi connectivity index (χ2v) is 7.28. The van der Waals surface area contributed by atoms with E-state index < -0.39 is 0 Å². The van der Waals surface area contributed by atoms with Gasteiger partial charge in [-0.25, -0.2) is 0 Å². The van der Waals surface area contributed by atoms with Crippen molar-refractivity contribution in [3.63, 3.8) is 0 Å². The number of likely N-dealkylation sites (tertiary alicyclic amines) is 1. The molecule has 4 rings (SSSR count). The number of carbonyl (C=O) groups is 1. The minimum absolute atomic E-state index is 0.0581. The summed E-state index contributed by atoms with van der Waals surface area (Å²) in [6, 6.07) is 7.76. The predicted molar refractivity (Wildman–Crippen MR) is 94.8 cm³/mol. The molecular formula is C20H24N2O4. The lowest BCUT2D eigenvalue weighted by molar-refractivity contribution is -0.129. The number of nitrogens with zero attached hydrogens (tertiary/aromatic N) is 2. The van der Waals surface area contributed by atoms with E-state index in [4.69, 9.17) is 13.9 Å². The molecule has 0 radical (unpaired) electrons. The van der Waals surface area contributed by atoms with Gasteiger partial charge in [0.1, 0.15) is 5.60 Å². The monoisotopic (exact) mass is 356 g/mol. The fourth-order valence-electron chi connectivity index (χ4n) is 3.83. The van der Waals surface area contributed by atoms with Gasteiger partial charge in [0.25, 0.3) is 5.91 Å². The molecule has 0 aromatic carbocycles. The molecule has 1 spiro atoms. The standard InChI is InChI=1S/C20H24N2O4/c1-14-6-8-25-18(14)19(23)22-12-20(13-22)16(7-9-26-20)10-24-11-17-5-3-4-15(2)21-17/h3-6,8,16H,7,9-13H2,1-2H3.